The Labute approximate surface area is 95.2 Å². The molecule has 0 fully saturated rings. The third-order valence-corrected chi connectivity index (χ3v) is 2.78. The molecule has 0 aromatic carbocycles. The van der Waals surface area contributed by atoms with E-state index < -0.39 is 0 Å². The molecule has 4 nitrogen and oxygen atoms in total. The Morgan fingerprint density at radius 1 is 1.56 bits per heavy atom. The summed E-state index contributed by atoms with van der Waals surface area (Å²) in [6, 6.07) is 4.50. The van der Waals surface area contributed by atoms with Crippen molar-refractivity contribution in [2.45, 2.75) is 19.5 Å². The van der Waals surface area contributed by atoms with Gasteiger partial charge in [0.2, 0.25) is 0 Å². The highest BCUT2D eigenvalue weighted by Crippen LogP contribution is 2.19. The van der Waals surface area contributed by atoms with Crippen molar-refractivity contribution in [2.75, 3.05) is 14.2 Å². The number of hydrogen-bond acceptors (Lipinski definition) is 3. The van der Waals surface area contributed by atoms with Gasteiger partial charge in [0.1, 0.15) is 11.4 Å². The zero-order valence-electron chi connectivity index (χ0n) is 9.90. The molecule has 86 valence electrons. The third-order valence-electron chi connectivity index (χ3n) is 2.78. The first kappa shape index (κ1) is 11.0. The van der Waals surface area contributed by atoms with Crippen molar-refractivity contribution < 1.29 is 4.74 Å². The minimum Gasteiger partial charge on any atom is -0.495 e. The first-order chi connectivity index (χ1) is 7.74. The smallest absolute Gasteiger partial charge is 0.140 e. The molecule has 0 spiro atoms. The van der Waals surface area contributed by atoms with E-state index in [-0.39, 0.29) is 0 Å². The molecule has 2 aromatic rings. The highest BCUT2D eigenvalue weighted by atomic mass is 16.5. The van der Waals surface area contributed by atoms with Crippen LogP contribution in [-0.2, 0) is 6.54 Å². The van der Waals surface area contributed by atoms with Gasteiger partial charge in [0.05, 0.1) is 13.3 Å². The molecule has 16 heavy (non-hydrogen) atoms. The summed E-state index contributed by atoms with van der Waals surface area (Å²) in [5.74, 6) is 0.798. The maximum Gasteiger partial charge on any atom is 0.140 e. The maximum absolute atomic E-state index is 5.15. The summed E-state index contributed by atoms with van der Waals surface area (Å²) < 4.78 is 7.30. The van der Waals surface area contributed by atoms with Crippen LogP contribution in [0.5, 0.6) is 5.75 Å². The molecule has 0 bridgehead atoms. The maximum atomic E-state index is 5.15. The van der Waals surface area contributed by atoms with E-state index in [9.17, 15) is 0 Å². The van der Waals surface area contributed by atoms with Crippen molar-refractivity contribution in [1.29, 1.82) is 0 Å². The van der Waals surface area contributed by atoms with Gasteiger partial charge in [-0.25, -0.2) is 4.98 Å². The van der Waals surface area contributed by atoms with Crippen molar-refractivity contribution in [2.24, 2.45) is 0 Å². The van der Waals surface area contributed by atoms with Crippen LogP contribution in [0.3, 0.4) is 0 Å². The van der Waals surface area contributed by atoms with Crippen LogP contribution in [0.4, 0.5) is 0 Å². The molecule has 0 radical (unpaired) electrons. The standard InChI is InChI=1S/C12H17N3O/c1-9(13-2)8-15-5-4-10-6-11(16-3)7-14-12(10)15/h4-7,9,13H,8H2,1-3H3/t9-/m1/s1. The summed E-state index contributed by atoms with van der Waals surface area (Å²) in [7, 11) is 3.62. The molecule has 0 aliphatic carbocycles. The number of methoxy groups -OCH3 is 1. The van der Waals surface area contributed by atoms with Gasteiger partial charge >= 0.3 is 0 Å². The fraction of sp³-hybridized carbons (Fsp3) is 0.417. The van der Waals surface area contributed by atoms with Crippen LogP contribution in [0.15, 0.2) is 24.5 Å². The lowest BCUT2D eigenvalue weighted by Crippen LogP contribution is -2.26. The lowest BCUT2D eigenvalue weighted by Gasteiger charge is -2.11. The van der Waals surface area contributed by atoms with E-state index in [2.05, 4.69) is 34.1 Å². The van der Waals surface area contributed by atoms with Gasteiger partial charge in [0.25, 0.3) is 0 Å². The molecule has 1 atom stereocenters. The van der Waals surface area contributed by atoms with E-state index in [0.29, 0.717) is 6.04 Å². The molecule has 2 rings (SSSR count). The Hall–Kier alpha value is -1.55. The van der Waals surface area contributed by atoms with Crippen molar-refractivity contribution in [3.05, 3.63) is 24.5 Å². The van der Waals surface area contributed by atoms with Gasteiger partial charge in [0, 0.05) is 24.2 Å². The topological polar surface area (TPSA) is 39.1 Å². The number of nitrogens with one attached hydrogen (secondary N) is 1. The van der Waals surface area contributed by atoms with E-state index in [1.54, 1.807) is 13.3 Å². The number of ether oxygens (including phenoxy) is 1. The molecule has 1 N–H and O–H groups in total. The number of likely N-dealkylation sites (N-methyl/N-ethyl adjacent to an activating group) is 1. The van der Waals surface area contributed by atoms with Crippen molar-refractivity contribution in [1.82, 2.24) is 14.9 Å². The van der Waals surface area contributed by atoms with Crippen LogP contribution < -0.4 is 10.1 Å². The molecule has 2 heterocycles. The van der Waals surface area contributed by atoms with Crippen LogP contribution in [0.25, 0.3) is 11.0 Å². The minimum atomic E-state index is 0.430. The second kappa shape index (κ2) is 4.53. The number of nitrogens with zero attached hydrogens (tertiary/aromatic N) is 2. The third kappa shape index (κ3) is 2.02. The quantitative estimate of drug-likeness (QED) is 0.850. The zero-order chi connectivity index (χ0) is 11.5. The van der Waals surface area contributed by atoms with Gasteiger partial charge in [-0.2, -0.15) is 0 Å². The van der Waals surface area contributed by atoms with Crippen LogP contribution in [-0.4, -0.2) is 29.8 Å². The van der Waals surface area contributed by atoms with E-state index in [1.807, 2.05) is 13.1 Å². The molecule has 0 saturated heterocycles. The van der Waals surface area contributed by atoms with E-state index in [0.717, 1.165) is 23.3 Å². The fourth-order valence-corrected chi connectivity index (χ4v) is 1.70. The molecule has 0 saturated carbocycles. The van der Waals surface area contributed by atoms with Crippen LogP contribution in [0.2, 0.25) is 0 Å². The second-order valence-corrected chi connectivity index (χ2v) is 3.95. The van der Waals surface area contributed by atoms with E-state index >= 15 is 0 Å². The summed E-state index contributed by atoms with van der Waals surface area (Å²) in [6.07, 6.45) is 3.81. The molecular formula is C12H17N3O. The monoisotopic (exact) mass is 219 g/mol. The first-order valence-electron chi connectivity index (χ1n) is 5.40. The zero-order valence-corrected chi connectivity index (χ0v) is 9.90. The van der Waals surface area contributed by atoms with Crippen molar-refractivity contribution in [3.8, 4) is 5.75 Å². The Morgan fingerprint density at radius 3 is 3.06 bits per heavy atom. The van der Waals surface area contributed by atoms with Crippen molar-refractivity contribution in [3.63, 3.8) is 0 Å². The summed E-state index contributed by atoms with van der Waals surface area (Å²) >= 11 is 0. The van der Waals surface area contributed by atoms with Gasteiger partial charge in [-0.05, 0) is 26.1 Å². The molecule has 0 unspecified atom stereocenters. The predicted molar refractivity (Wildman–Crippen MR) is 64.8 cm³/mol. The number of hydrogen-bond donors (Lipinski definition) is 1. The Balaban J connectivity index is 2.34. The summed E-state index contributed by atoms with van der Waals surface area (Å²) in [6.45, 7) is 3.06. The first-order valence-corrected chi connectivity index (χ1v) is 5.40. The SMILES string of the molecule is CN[C@H](C)Cn1ccc2cc(OC)cnc21. The van der Waals surface area contributed by atoms with Crippen molar-refractivity contribution >= 4 is 11.0 Å². The average Bonchev–Trinajstić information content (AvgIpc) is 2.71. The Bertz CT molecular complexity index is 478. The second-order valence-electron chi connectivity index (χ2n) is 3.95. The lowest BCUT2D eigenvalue weighted by molar-refractivity contribution is 0.413. The van der Waals surface area contributed by atoms with Crippen LogP contribution >= 0.6 is 0 Å². The average molecular weight is 219 g/mol. The predicted octanol–water partition coefficient (Wildman–Crippen LogP) is 1.65. The largest absolute Gasteiger partial charge is 0.495 e. The van der Waals surface area contributed by atoms with Gasteiger partial charge in [0.15, 0.2) is 0 Å². The Morgan fingerprint density at radius 2 is 2.38 bits per heavy atom. The number of fused-ring (bicyclic) bond motifs is 1. The Kier molecular flexibility index (Phi) is 3.10. The highest BCUT2D eigenvalue weighted by Gasteiger charge is 2.06. The van der Waals surface area contributed by atoms with E-state index in [1.165, 1.54) is 0 Å². The van der Waals surface area contributed by atoms with Gasteiger partial charge in [-0.1, -0.05) is 0 Å². The minimum absolute atomic E-state index is 0.430. The van der Waals surface area contributed by atoms with Crippen LogP contribution in [0, 0.1) is 0 Å². The number of aromatic nitrogens is 2. The highest BCUT2D eigenvalue weighted by molar-refractivity contribution is 5.77. The number of pyridine rings is 1. The van der Waals surface area contributed by atoms with Crippen LogP contribution in [0.1, 0.15) is 6.92 Å². The van der Waals surface area contributed by atoms with Gasteiger partial charge in [-0.15, -0.1) is 0 Å². The summed E-state index contributed by atoms with van der Waals surface area (Å²) in [4.78, 5) is 4.41. The summed E-state index contributed by atoms with van der Waals surface area (Å²) in [5, 5.41) is 4.33. The summed E-state index contributed by atoms with van der Waals surface area (Å²) in [5.41, 5.74) is 1.00. The molecular weight excluding hydrogens is 202 g/mol. The van der Waals surface area contributed by atoms with Gasteiger partial charge in [-0.3, -0.25) is 0 Å². The fourth-order valence-electron chi connectivity index (χ4n) is 1.70. The normalized spacial score (nSPS) is 12.9. The van der Waals surface area contributed by atoms with Gasteiger partial charge < -0.3 is 14.6 Å². The molecule has 0 aliphatic rings. The molecule has 2 aromatic heterocycles. The molecule has 4 heteroatoms. The molecule has 0 aliphatic heterocycles. The van der Waals surface area contributed by atoms with E-state index in [4.69, 9.17) is 4.74 Å². The lowest BCUT2D eigenvalue weighted by atomic mass is 10.3. The molecule has 0 amide bonds. The number of rotatable bonds is 4.